The van der Waals surface area contributed by atoms with Crippen LogP contribution in [0, 0.1) is 11.3 Å². The van der Waals surface area contributed by atoms with Gasteiger partial charge in [0.2, 0.25) is 5.91 Å². The molecule has 0 atom stereocenters. The van der Waals surface area contributed by atoms with Crippen LogP contribution in [0.2, 0.25) is 0 Å². The second-order valence-electron chi connectivity index (χ2n) is 5.61. The molecular formula is C20H18N4O2S. The van der Waals surface area contributed by atoms with Gasteiger partial charge in [0.15, 0.2) is 0 Å². The summed E-state index contributed by atoms with van der Waals surface area (Å²) in [6, 6.07) is 17.1. The summed E-state index contributed by atoms with van der Waals surface area (Å²) in [7, 11) is 1.56. The van der Waals surface area contributed by atoms with E-state index in [9.17, 15) is 4.79 Å². The van der Waals surface area contributed by atoms with Gasteiger partial charge in [0.1, 0.15) is 17.1 Å². The van der Waals surface area contributed by atoms with Gasteiger partial charge in [0.25, 0.3) is 0 Å². The zero-order valence-corrected chi connectivity index (χ0v) is 15.6. The number of rotatable bonds is 7. The highest BCUT2D eigenvalue weighted by atomic mass is 32.2. The molecule has 1 aromatic heterocycles. The van der Waals surface area contributed by atoms with Crippen LogP contribution in [0.15, 0.2) is 59.9 Å². The number of methoxy groups -OCH3 is 1. The minimum Gasteiger partial charge on any atom is -0.495 e. The molecule has 3 rings (SSSR count). The fraction of sp³-hybridized carbons (Fsp3) is 0.200. The Morgan fingerprint density at radius 1 is 1.19 bits per heavy atom. The molecule has 3 aromatic rings. The summed E-state index contributed by atoms with van der Waals surface area (Å²) in [5.74, 6) is 0.688. The molecular weight excluding hydrogens is 360 g/mol. The average molecular weight is 378 g/mol. The number of anilines is 1. The summed E-state index contributed by atoms with van der Waals surface area (Å²) < 4.78 is 5.37. The predicted molar refractivity (Wildman–Crippen MR) is 106 cm³/mol. The summed E-state index contributed by atoms with van der Waals surface area (Å²) in [6.45, 7) is 0.306. The number of aromatic nitrogens is 2. The Kier molecular flexibility index (Phi) is 6.23. The molecule has 136 valence electrons. The van der Waals surface area contributed by atoms with Gasteiger partial charge in [-0.1, -0.05) is 42.1 Å². The van der Waals surface area contributed by atoms with E-state index in [1.54, 1.807) is 18.1 Å². The van der Waals surface area contributed by atoms with Crippen molar-refractivity contribution >= 4 is 34.3 Å². The number of ether oxygens (including phenoxy) is 1. The molecule has 0 N–H and O–H groups in total. The molecule has 0 bridgehead atoms. The van der Waals surface area contributed by atoms with E-state index in [0.717, 1.165) is 15.9 Å². The lowest BCUT2D eigenvalue weighted by molar-refractivity contribution is -0.116. The maximum atomic E-state index is 12.9. The van der Waals surface area contributed by atoms with Crippen molar-refractivity contribution in [2.75, 3.05) is 24.3 Å². The summed E-state index contributed by atoms with van der Waals surface area (Å²) >= 11 is 1.36. The quantitative estimate of drug-likeness (QED) is 0.461. The van der Waals surface area contributed by atoms with Crippen molar-refractivity contribution in [3.8, 4) is 11.8 Å². The van der Waals surface area contributed by atoms with Gasteiger partial charge in [0.05, 0.1) is 36.6 Å². The van der Waals surface area contributed by atoms with Gasteiger partial charge in [-0.25, -0.2) is 9.97 Å². The van der Waals surface area contributed by atoms with Crippen molar-refractivity contribution in [1.29, 1.82) is 5.26 Å². The van der Waals surface area contributed by atoms with E-state index in [1.807, 2.05) is 42.5 Å². The lowest BCUT2D eigenvalue weighted by Gasteiger charge is -2.23. The lowest BCUT2D eigenvalue weighted by atomic mass is 10.2. The van der Waals surface area contributed by atoms with Crippen molar-refractivity contribution in [3.63, 3.8) is 0 Å². The van der Waals surface area contributed by atoms with Crippen molar-refractivity contribution in [2.24, 2.45) is 0 Å². The van der Waals surface area contributed by atoms with E-state index in [0.29, 0.717) is 18.0 Å². The van der Waals surface area contributed by atoms with E-state index in [2.05, 4.69) is 16.0 Å². The second-order valence-corrected chi connectivity index (χ2v) is 6.57. The van der Waals surface area contributed by atoms with Gasteiger partial charge in [-0.2, -0.15) is 5.26 Å². The minimum absolute atomic E-state index is 0.109. The molecule has 0 spiro atoms. The molecule has 0 unspecified atom stereocenters. The summed E-state index contributed by atoms with van der Waals surface area (Å²) in [4.78, 5) is 23.1. The van der Waals surface area contributed by atoms with Crippen LogP contribution >= 0.6 is 11.8 Å². The molecule has 1 amide bonds. The Bertz CT molecular complexity index is 982. The van der Waals surface area contributed by atoms with Crippen LogP contribution in [0.25, 0.3) is 10.9 Å². The number of thioether (sulfide) groups is 1. The number of hydrogen-bond acceptors (Lipinski definition) is 6. The van der Waals surface area contributed by atoms with Crippen molar-refractivity contribution in [1.82, 2.24) is 9.97 Å². The molecule has 7 heteroatoms. The number of benzene rings is 2. The first kappa shape index (κ1) is 18.7. The molecule has 0 aliphatic rings. The Morgan fingerprint density at radius 3 is 2.78 bits per heavy atom. The molecule has 27 heavy (non-hydrogen) atoms. The molecule has 0 fully saturated rings. The van der Waals surface area contributed by atoms with Gasteiger partial charge < -0.3 is 9.64 Å². The minimum atomic E-state index is -0.109. The SMILES string of the molecule is COc1ccccc1N(CCC#N)C(=O)CSc1ncnc2ccccc12. The summed E-state index contributed by atoms with van der Waals surface area (Å²) in [5.41, 5.74) is 1.50. The summed E-state index contributed by atoms with van der Waals surface area (Å²) in [5, 5.41) is 10.6. The molecule has 6 nitrogen and oxygen atoms in total. The highest BCUT2D eigenvalue weighted by Gasteiger charge is 2.19. The first-order chi connectivity index (χ1) is 13.2. The van der Waals surface area contributed by atoms with Crippen LogP contribution in [0.3, 0.4) is 0 Å². The van der Waals surface area contributed by atoms with E-state index in [-0.39, 0.29) is 18.1 Å². The van der Waals surface area contributed by atoms with Crippen LogP contribution in [0.4, 0.5) is 5.69 Å². The number of nitriles is 1. The topological polar surface area (TPSA) is 79.1 Å². The number of amides is 1. The first-order valence-electron chi connectivity index (χ1n) is 8.37. The number of nitrogens with zero attached hydrogens (tertiary/aromatic N) is 4. The van der Waals surface area contributed by atoms with Gasteiger partial charge in [-0.05, 0) is 18.2 Å². The van der Waals surface area contributed by atoms with Gasteiger partial charge >= 0.3 is 0 Å². The van der Waals surface area contributed by atoms with Crippen LogP contribution in [0.1, 0.15) is 6.42 Å². The molecule has 0 radical (unpaired) electrons. The zero-order chi connectivity index (χ0) is 19.1. The van der Waals surface area contributed by atoms with Gasteiger partial charge in [0, 0.05) is 11.9 Å². The van der Waals surface area contributed by atoms with E-state index < -0.39 is 0 Å². The second kappa shape index (κ2) is 9.01. The molecule has 0 aliphatic carbocycles. The Hall–Kier alpha value is -3.11. The van der Waals surface area contributed by atoms with E-state index >= 15 is 0 Å². The smallest absolute Gasteiger partial charge is 0.237 e. The highest BCUT2D eigenvalue weighted by molar-refractivity contribution is 8.00. The number of carbonyl (C=O) groups is 1. The number of carbonyl (C=O) groups excluding carboxylic acids is 1. The predicted octanol–water partition coefficient (Wildman–Crippen LogP) is 3.68. The van der Waals surface area contributed by atoms with Gasteiger partial charge in [-0.15, -0.1) is 0 Å². The number of para-hydroxylation sites is 3. The molecule has 0 saturated heterocycles. The molecule has 0 aliphatic heterocycles. The maximum absolute atomic E-state index is 12.9. The maximum Gasteiger partial charge on any atom is 0.237 e. The monoisotopic (exact) mass is 378 g/mol. The van der Waals surface area contributed by atoms with Crippen LogP contribution < -0.4 is 9.64 Å². The number of fused-ring (bicyclic) bond motifs is 1. The Morgan fingerprint density at radius 2 is 1.96 bits per heavy atom. The van der Waals surface area contributed by atoms with Crippen molar-refractivity contribution in [2.45, 2.75) is 11.4 Å². The molecule has 0 saturated carbocycles. The molecule has 1 heterocycles. The number of hydrogen-bond donors (Lipinski definition) is 0. The largest absolute Gasteiger partial charge is 0.495 e. The van der Waals surface area contributed by atoms with Crippen LogP contribution in [-0.2, 0) is 4.79 Å². The third-order valence-electron chi connectivity index (χ3n) is 3.96. The van der Waals surface area contributed by atoms with Crippen LogP contribution in [0.5, 0.6) is 5.75 Å². The third-order valence-corrected chi connectivity index (χ3v) is 4.95. The normalized spacial score (nSPS) is 10.4. The summed E-state index contributed by atoms with van der Waals surface area (Å²) in [6.07, 6.45) is 1.74. The lowest BCUT2D eigenvalue weighted by Crippen LogP contribution is -2.33. The van der Waals surface area contributed by atoms with E-state index in [4.69, 9.17) is 10.00 Å². The Balaban J connectivity index is 1.81. The Labute approximate surface area is 161 Å². The highest BCUT2D eigenvalue weighted by Crippen LogP contribution is 2.30. The van der Waals surface area contributed by atoms with Crippen LogP contribution in [-0.4, -0.2) is 35.3 Å². The molecule has 2 aromatic carbocycles. The standard InChI is InChI=1S/C20H18N4O2S/c1-26-18-10-5-4-9-17(18)24(12-6-11-21)19(25)13-27-20-15-7-2-3-8-16(15)22-14-23-20/h2-5,7-10,14H,6,12-13H2,1H3. The third kappa shape index (κ3) is 4.36. The fourth-order valence-electron chi connectivity index (χ4n) is 2.70. The average Bonchev–Trinajstić information content (AvgIpc) is 2.72. The van der Waals surface area contributed by atoms with Crippen molar-refractivity contribution < 1.29 is 9.53 Å². The van der Waals surface area contributed by atoms with Crippen molar-refractivity contribution in [3.05, 3.63) is 54.9 Å². The fourth-order valence-corrected chi connectivity index (χ4v) is 3.56. The zero-order valence-electron chi connectivity index (χ0n) is 14.8. The van der Waals surface area contributed by atoms with Gasteiger partial charge in [-0.3, -0.25) is 4.79 Å². The first-order valence-corrected chi connectivity index (χ1v) is 9.36. The van der Waals surface area contributed by atoms with E-state index in [1.165, 1.54) is 18.1 Å².